The van der Waals surface area contributed by atoms with Crippen LogP contribution in [-0.2, 0) is 0 Å². The van der Waals surface area contributed by atoms with Crippen LogP contribution in [0.25, 0.3) is 0 Å². The Labute approximate surface area is 107 Å². The molecule has 2 saturated heterocycles. The number of alkyl halides is 3. The highest BCUT2D eigenvalue weighted by Gasteiger charge is 2.41. The Balaban J connectivity index is 1.81. The third-order valence-corrected chi connectivity index (χ3v) is 4.11. The van der Waals surface area contributed by atoms with Crippen LogP contribution >= 0.6 is 0 Å². The van der Waals surface area contributed by atoms with Crippen molar-refractivity contribution in [1.82, 2.24) is 10.2 Å². The molecule has 0 aromatic carbocycles. The Bertz CT molecular complexity index is 247. The molecule has 2 rings (SSSR count). The first-order valence-electron chi connectivity index (χ1n) is 7.08. The number of nitrogens with zero attached hydrogens (tertiary/aromatic N) is 1. The zero-order chi connectivity index (χ0) is 13.0. The average molecular weight is 264 g/mol. The first-order chi connectivity index (χ1) is 8.55. The fourth-order valence-corrected chi connectivity index (χ4v) is 3.06. The highest BCUT2D eigenvalue weighted by molar-refractivity contribution is 4.82. The van der Waals surface area contributed by atoms with Crippen molar-refractivity contribution >= 4 is 0 Å². The molecule has 2 aliphatic heterocycles. The van der Waals surface area contributed by atoms with E-state index in [0.29, 0.717) is 18.9 Å². The number of halogens is 3. The van der Waals surface area contributed by atoms with E-state index in [0.717, 1.165) is 26.1 Å². The second kappa shape index (κ2) is 6.24. The van der Waals surface area contributed by atoms with Gasteiger partial charge >= 0.3 is 6.18 Å². The van der Waals surface area contributed by atoms with Crippen LogP contribution in [0.5, 0.6) is 0 Å². The molecule has 0 radical (unpaired) electrons. The molecule has 0 bridgehead atoms. The lowest BCUT2D eigenvalue weighted by Gasteiger charge is -2.35. The number of piperidine rings is 1. The van der Waals surface area contributed by atoms with Crippen molar-refractivity contribution in [2.75, 3.05) is 26.2 Å². The summed E-state index contributed by atoms with van der Waals surface area (Å²) in [5, 5.41) is 3.46. The van der Waals surface area contributed by atoms with Crippen molar-refractivity contribution < 1.29 is 13.2 Å². The van der Waals surface area contributed by atoms with Crippen molar-refractivity contribution in [3.05, 3.63) is 0 Å². The Hall–Kier alpha value is -0.290. The molecule has 1 N–H and O–H groups in total. The molecule has 2 nitrogen and oxygen atoms in total. The van der Waals surface area contributed by atoms with E-state index in [1.54, 1.807) is 0 Å². The topological polar surface area (TPSA) is 15.3 Å². The summed E-state index contributed by atoms with van der Waals surface area (Å²) < 4.78 is 38.1. The summed E-state index contributed by atoms with van der Waals surface area (Å²) in [4.78, 5) is 2.00. The van der Waals surface area contributed by atoms with Gasteiger partial charge in [-0.1, -0.05) is 12.8 Å². The maximum absolute atomic E-state index is 12.7. The van der Waals surface area contributed by atoms with Crippen LogP contribution < -0.4 is 5.32 Å². The minimum atomic E-state index is -4.02. The highest BCUT2D eigenvalue weighted by atomic mass is 19.4. The van der Waals surface area contributed by atoms with Gasteiger partial charge in [-0.15, -0.1) is 0 Å². The van der Waals surface area contributed by atoms with Gasteiger partial charge in [0.2, 0.25) is 0 Å². The van der Waals surface area contributed by atoms with Crippen molar-refractivity contribution in [2.45, 2.75) is 50.7 Å². The average Bonchev–Trinajstić information content (AvgIpc) is 2.57. The van der Waals surface area contributed by atoms with Gasteiger partial charge in [-0.05, 0) is 38.8 Å². The number of hydrogen-bond donors (Lipinski definition) is 1. The lowest BCUT2D eigenvalue weighted by Crippen LogP contribution is -2.47. The van der Waals surface area contributed by atoms with E-state index in [9.17, 15) is 13.2 Å². The fraction of sp³-hybridized carbons (Fsp3) is 1.00. The number of rotatable bonds is 2. The van der Waals surface area contributed by atoms with E-state index in [2.05, 4.69) is 5.32 Å². The van der Waals surface area contributed by atoms with E-state index >= 15 is 0 Å². The molecule has 5 heteroatoms. The molecule has 2 unspecified atom stereocenters. The van der Waals surface area contributed by atoms with E-state index in [1.165, 1.54) is 19.3 Å². The summed E-state index contributed by atoms with van der Waals surface area (Å²) in [6.07, 6.45) is 1.71. The first kappa shape index (κ1) is 14.1. The molecule has 106 valence electrons. The molecule has 2 aliphatic rings. The van der Waals surface area contributed by atoms with Gasteiger partial charge in [0.1, 0.15) is 0 Å². The second-order valence-electron chi connectivity index (χ2n) is 5.64. The van der Waals surface area contributed by atoms with Crippen LogP contribution in [-0.4, -0.2) is 43.3 Å². The van der Waals surface area contributed by atoms with Crippen LogP contribution in [0.2, 0.25) is 0 Å². The number of hydrogen-bond acceptors (Lipinski definition) is 2. The predicted octanol–water partition coefficient (Wildman–Crippen LogP) is 2.79. The second-order valence-corrected chi connectivity index (χ2v) is 5.64. The van der Waals surface area contributed by atoms with Crippen molar-refractivity contribution in [3.63, 3.8) is 0 Å². The minimum Gasteiger partial charge on any atom is -0.313 e. The summed E-state index contributed by atoms with van der Waals surface area (Å²) in [5.74, 6) is -1.11. The first-order valence-corrected chi connectivity index (χ1v) is 7.08. The van der Waals surface area contributed by atoms with Crippen LogP contribution in [0, 0.1) is 5.92 Å². The Kier molecular flexibility index (Phi) is 4.90. The van der Waals surface area contributed by atoms with Gasteiger partial charge in [-0.25, -0.2) is 0 Å². The van der Waals surface area contributed by atoms with Gasteiger partial charge in [0.15, 0.2) is 0 Å². The quantitative estimate of drug-likeness (QED) is 0.825. The van der Waals surface area contributed by atoms with Crippen LogP contribution in [0.3, 0.4) is 0 Å². The molecular formula is C13H23F3N2. The van der Waals surface area contributed by atoms with Gasteiger partial charge in [-0.2, -0.15) is 13.2 Å². The highest BCUT2D eigenvalue weighted by Crippen LogP contribution is 2.33. The monoisotopic (exact) mass is 264 g/mol. The summed E-state index contributed by atoms with van der Waals surface area (Å²) >= 11 is 0. The molecule has 0 aromatic rings. The van der Waals surface area contributed by atoms with Crippen molar-refractivity contribution in [3.8, 4) is 0 Å². The minimum absolute atomic E-state index is 0.196. The van der Waals surface area contributed by atoms with E-state index in [4.69, 9.17) is 0 Å². The SMILES string of the molecule is FC(F)(F)C1CCCN(CC2CCCCCN2)C1. The Morgan fingerprint density at radius 2 is 1.89 bits per heavy atom. The molecule has 0 saturated carbocycles. The molecule has 0 spiro atoms. The summed E-state index contributed by atoms with van der Waals surface area (Å²) in [7, 11) is 0. The van der Waals surface area contributed by atoms with Gasteiger partial charge < -0.3 is 10.2 Å². The summed E-state index contributed by atoms with van der Waals surface area (Å²) in [5.41, 5.74) is 0. The van der Waals surface area contributed by atoms with Crippen LogP contribution in [0.15, 0.2) is 0 Å². The maximum Gasteiger partial charge on any atom is 0.393 e. The Morgan fingerprint density at radius 1 is 1.06 bits per heavy atom. The smallest absolute Gasteiger partial charge is 0.313 e. The van der Waals surface area contributed by atoms with Crippen LogP contribution in [0.4, 0.5) is 13.2 Å². The largest absolute Gasteiger partial charge is 0.393 e. The molecule has 2 atom stereocenters. The standard InChI is InChI=1S/C13H23F3N2/c14-13(15,16)11-5-4-8-18(9-11)10-12-6-2-1-3-7-17-12/h11-12,17H,1-10H2. The molecule has 0 aromatic heterocycles. The maximum atomic E-state index is 12.7. The molecule has 0 amide bonds. The van der Waals surface area contributed by atoms with E-state index < -0.39 is 12.1 Å². The molecule has 2 fully saturated rings. The number of likely N-dealkylation sites (tertiary alicyclic amines) is 1. The normalized spacial score (nSPS) is 32.2. The summed E-state index contributed by atoms with van der Waals surface area (Å²) in [6, 6.07) is 0.388. The molecule has 2 heterocycles. The lowest BCUT2D eigenvalue weighted by atomic mass is 9.97. The zero-order valence-electron chi connectivity index (χ0n) is 10.8. The number of nitrogens with one attached hydrogen (secondary N) is 1. The van der Waals surface area contributed by atoms with Gasteiger partial charge in [0.25, 0.3) is 0 Å². The fourth-order valence-electron chi connectivity index (χ4n) is 3.06. The lowest BCUT2D eigenvalue weighted by molar-refractivity contribution is -0.186. The Morgan fingerprint density at radius 3 is 2.67 bits per heavy atom. The van der Waals surface area contributed by atoms with Crippen LogP contribution in [0.1, 0.15) is 38.5 Å². The van der Waals surface area contributed by atoms with Crippen molar-refractivity contribution in [2.24, 2.45) is 5.92 Å². The van der Waals surface area contributed by atoms with Gasteiger partial charge in [0, 0.05) is 19.1 Å². The molecule has 0 aliphatic carbocycles. The van der Waals surface area contributed by atoms with E-state index in [-0.39, 0.29) is 6.54 Å². The third kappa shape index (κ3) is 4.12. The van der Waals surface area contributed by atoms with Gasteiger partial charge in [0.05, 0.1) is 5.92 Å². The third-order valence-electron chi connectivity index (χ3n) is 4.11. The zero-order valence-corrected chi connectivity index (χ0v) is 10.8. The van der Waals surface area contributed by atoms with Crippen molar-refractivity contribution in [1.29, 1.82) is 0 Å². The van der Waals surface area contributed by atoms with Gasteiger partial charge in [-0.3, -0.25) is 0 Å². The molecular weight excluding hydrogens is 241 g/mol. The van der Waals surface area contributed by atoms with E-state index in [1.807, 2.05) is 4.90 Å². The summed E-state index contributed by atoms with van der Waals surface area (Å²) in [6.45, 7) is 2.82. The molecule has 18 heavy (non-hydrogen) atoms. The predicted molar refractivity (Wildman–Crippen MR) is 65.5 cm³/mol.